The Morgan fingerprint density at radius 2 is 2.25 bits per heavy atom. The van der Waals surface area contributed by atoms with Gasteiger partial charge in [0.2, 0.25) is 0 Å². The van der Waals surface area contributed by atoms with Crippen LogP contribution in [0, 0.1) is 6.92 Å². The zero-order chi connectivity index (χ0) is 17.1. The van der Waals surface area contributed by atoms with Gasteiger partial charge in [-0.1, -0.05) is 12.1 Å². The summed E-state index contributed by atoms with van der Waals surface area (Å²) in [6.07, 6.45) is 1.31. The van der Waals surface area contributed by atoms with Gasteiger partial charge < -0.3 is 19.9 Å². The number of benzene rings is 1. The lowest BCUT2D eigenvalue weighted by atomic mass is 10.2. The number of carbonyl (C=O) groups is 2. The lowest BCUT2D eigenvalue weighted by Crippen LogP contribution is -2.32. The highest BCUT2D eigenvalue weighted by Crippen LogP contribution is 2.28. The average molecular weight is 329 g/mol. The molecule has 0 radical (unpaired) electrons. The van der Waals surface area contributed by atoms with E-state index < -0.39 is 6.09 Å². The molecule has 1 fully saturated rings. The second-order valence-electron chi connectivity index (χ2n) is 5.58. The Kier molecular flexibility index (Phi) is 4.37. The van der Waals surface area contributed by atoms with Gasteiger partial charge in [-0.05, 0) is 19.1 Å². The molecule has 0 bridgehead atoms. The number of cyclic esters (lactones) is 1. The van der Waals surface area contributed by atoms with E-state index >= 15 is 0 Å². The number of nitrogens with one attached hydrogen (secondary N) is 2. The van der Waals surface area contributed by atoms with Crippen LogP contribution in [-0.4, -0.2) is 47.2 Å². The Balaban J connectivity index is 1.71. The van der Waals surface area contributed by atoms with Crippen LogP contribution in [-0.2, 0) is 11.3 Å². The molecule has 8 heteroatoms. The third-order valence-electron chi connectivity index (χ3n) is 3.69. The molecule has 0 aliphatic carbocycles. The molecule has 1 aromatic heterocycles. The molecule has 1 aliphatic rings. The summed E-state index contributed by atoms with van der Waals surface area (Å²) >= 11 is 0. The van der Waals surface area contributed by atoms with Gasteiger partial charge >= 0.3 is 12.1 Å². The number of para-hydroxylation sites is 2. The van der Waals surface area contributed by atoms with Crippen molar-refractivity contribution in [3.63, 3.8) is 0 Å². The number of ether oxygens (including phenoxy) is 1. The molecule has 24 heavy (non-hydrogen) atoms. The highest BCUT2D eigenvalue weighted by molar-refractivity contribution is 5.98. The topological polar surface area (TPSA) is 90.6 Å². The van der Waals surface area contributed by atoms with Gasteiger partial charge in [0, 0.05) is 18.9 Å². The number of urea groups is 1. The number of amides is 3. The van der Waals surface area contributed by atoms with E-state index in [1.54, 1.807) is 31.4 Å². The minimum atomic E-state index is -0.406. The first-order valence-corrected chi connectivity index (χ1v) is 7.60. The van der Waals surface area contributed by atoms with Crippen molar-refractivity contribution < 1.29 is 14.3 Å². The van der Waals surface area contributed by atoms with Crippen LogP contribution in [0.15, 0.2) is 30.5 Å². The predicted molar refractivity (Wildman–Crippen MR) is 88.9 cm³/mol. The van der Waals surface area contributed by atoms with Gasteiger partial charge in [0.05, 0.1) is 24.5 Å². The summed E-state index contributed by atoms with van der Waals surface area (Å²) in [4.78, 5) is 34.5. The molecule has 0 spiro atoms. The predicted octanol–water partition coefficient (Wildman–Crippen LogP) is 2.34. The summed E-state index contributed by atoms with van der Waals surface area (Å²) in [6, 6.07) is 6.86. The van der Waals surface area contributed by atoms with Crippen molar-refractivity contribution in [3.05, 3.63) is 42.0 Å². The van der Waals surface area contributed by atoms with Crippen molar-refractivity contribution in [1.82, 2.24) is 14.9 Å². The van der Waals surface area contributed by atoms with Crippen LogP contribution >= 0.6 is 0 Å². The second kappa shape index (κ2) is 6.61. The number of hydrogen-bond acceptors (Lipinski definition) is 4. The smallest absolute Gasteiger partial charge is 0.414 e. The van der Waals surface area contributed by atoms with E-state index in [1.807, 2.05) is 13.0 Å². The van der Waals surface area contributed by atoms with E-state index in [0.717, 1.165) is 5.69 Å². The summed E-state index contributed by atoms with van der Waals surface area (Å²) in [6.45, 7) is 3.07. The number of aromatic amines is 1. The monoisotopic (exact) mass is 329 g/mol. The van der Waals surface area contributed by atoms with Crippen molar-refractivity contribution in [2.75, 3.05) is 30.4 Å². The Morgan fingerprint density at radius 3 is 2.92 bits per heavy atom. The van der Waals surface area contributed by atoms with Crippen molar-refractivity contribution in [1.29, 1.82) is 0 Å². The molecule has 1 aliphatic heterocycles. The third kappa shape index (κ3) is 3.32. The molecular formula is C16H19N5O3. The first-order valence-electron chi connectivity index (χ1n) is 7.60. The van der Waals surface area contributed by atoms with Crippen molar-refractivity contribution in [2.24, 2.45) is 0 Å². The highest BCUT2D eigenvalue weighted by atomic mass is 16.6. The SMILES string of the molecule is Cc1cnc(CN(C)C(=O)Nc2ccccc2N2CCOC2=O)[nH]1. The molecule has 0 atom stereocenters. The third-order valence-corrected chi connectivity index (χ3v) is 3.69. The van der Waals surface area contributed by atoms with E-state index in [4.69, 9.17) is 4.74 Å². The molecular weight excluding hydrogens is 310 g/mol. The van der Waals surface area contributed by atoms with Crippen LogP contribution in [0.5, 0.6) is 0 Å². The fourth-order valence-electron chi connectivity index (χ4n) is 2.48. The molecule has 3 amide bonds. The molecule has 2 heterocycles. The maximum atomic E-state index is 12.4. The summed E-state index contributed by atoms with van der Waals surface area (Å²) in [7, 11) is 1.68. The summed E-state index contributed by atoms with van der Waals surface area (Å²) in [5.74, 6) is 0.710. The van der Waals surface area contributed by atoms with E-state index in [-0.39, 0.29) is 6.03 Å². The number of aromatic nitrogens is 2. The van der Waals surface area contributed by atoms with Gasteiger partial charge in [-0.15, -0.1) is 0 Å². The van der Waals surface area contributed by atoms with Crippen molar-refractivity contribution in [3.8, 4) is 0 Å². The minimum absolute atomic E-state index is 0.288. The fraction of sp³-hybridized carbons (Fsp3) is 0.312. The van der Waals surface area contributed by atoms with Gasteiger partial charge in [-0.3, -0.25) is 4.90 Å². The van der Waals surface area contributed by atoms with Crippen LogP contribution in [0.4, 0.5) is 21.0 Å². The maximum absolute atomic E-state index is 12.4. The van der Waals surface area contributed by atoms with Gasteiger partial charge in [0.15, 0.2) is 0 Å². The normalized spacial score (nSPS) is 13.8. The first kappa shape index (κ1) is 15.9. The highest BCUT2D eigenvalue weighted by Gasteiger charge is 2.26. The number of nitrogens with zero attached hydrogens (tertiary/aromatic N) is 3. The molecule has 3 rings (SSSR count). The quantitative estimate of drug-likeness (QED) is 0.901. The van der Waals surface area contributed by atoms with Crippen LogP contribution in [0.1, 0.15) is 11.5 Å². The van der Waals surface area contributed by atoms with Crippen molar-refractivity contribution >= 4 is 23.5 Å². The Bertz CT molecular complexity index is 758. The van der Waals surface area contributed by atoms with Gasteiger partial charge in [-0.25, -0.2) is 14.6 Å². The Labute approximate surface area is 139 Å². The summed E-state index contributed by atoms with van der Waals surface area (Å²) < 4.78 is 4.96. The van der Waals surface area contributed by atoms with E-state index in [1.165, 1.54) is 9.80 Å². The number of imidazole rings is 1. The van der Waals surface area contributed by atoms with Crippen LogP contribution < -0.4 is 10.2 Å². The summed E-state index contributed by atoms with van der Waals surface area (Å²) in [5, 5.41) is 2.83. The largest absolute Gasteiger partial charge is 0.447 e. The van der Waals surface area contributed by atoms with Crippen molar-refractivity contribution in [2.45, 2.75) is 13.5 Å². The van der Waals surface area contributed by atoms with E-state index in [2.05, 4.69) is 15.3 Å². The van der Waals surface area contributed by atoms with Gasteiger partial charge in [0.1, 0.15) is 12.4 Å². The lowest BCUT2D eigenvalue weighted by Gasteiger charge is -2.21. The van der Waals surface area contributed by atoms with E-state index in [0.29, 0.717) is 36.9 Å². The molecule has 2 aromatic rings. The molecule has 2 N–H and O–H groups in total. The van der Waals surface area contributed by atoms with Crippen LogP contribution in [0.3, 0.4) is 0 Å². The average Bonchev–Trinajstić information content (AvgIpc) is 3.16. The van der Waals surface area contributed by atoms with E-state index in [9.17, 15) is 9.59 Å². The molecule has 8 nitrogen and oxygen atoms in total. The molecule has 1 saturated heterocycles. The van der Waals surface area contributed by atoms with Crippen LogP contribution in [0.2, 0.25) is 0 Å². The minimum Gasteiger partial charge on any atom is -0.447 e. The van der Waals surface area contributed by atoms with Crippen LogP contribution in [0.25, 0.3) is 0 Å². The fourth-order valence-corrected chi connectivity index (χ4v) is 2.48. The van der Waals surface area contributed by atoms with Gasteiger partial charge in [-0.2, -0.15) is 0 Å². The molecule has 126 valence electrons. The summed E-state index contributed by atoms with van der Waals surface area (Å²) in [5.41, 5.74) is 2.12. The zero-order valence-electron chi connectivity index (χ0n) is 13.6. The second-order valence-corrected chi connectivity index (χ2v) is 5.58. The number of hydrogen-bond donors (Lipinski definition) is 2. The molecule has 0 unspecified atom stereocenters. The number of rotatable bonds is 4. The number of H-pyrrole nitrogens is 1. The Morgan fingerprint density at radius 1 is 1.46 bits per heavy atom. The standard InChI is InChI=1S/C16H19N5O3/c1-11-9-17-14(18-11)10-20(2)15(22)19-12-5-3-4-6-13(12)21-7-8-24-16(21)23/h3-6,9H,7-8,10H2,1-2H3,(H,17,18)(H,19,22). The number of carbonyl (C=O) groups excluding carboxylic acids is 2. The molecule has 1 aromatic carbocycles. The molecule has 0 saturated carbocycles. The Hall–Kier alpha value is -3.03. The first-order chi connectivity index (χ1) is 11.5. The maximum Gasteiger partial charge on any atom is 0.414 e. The lowest BCUT2D eigenvalue weighted by molar-refractivity contribution is 0.181. The van der Waals surface area contributed by atoms with Gasteiger partial charge in [0.25, 0.3) is 0 Å². The zero-order valence-corrected chi connectivity index (χ0v) is 13.6. The number of anilines is 2. The number of aryl methyl sites for hydroxylation is 1.